The minimum Gasteiger partial charge on any atom is -0.460 e. The average molecular weight is 301 g/mol. The topological polar surface area (TPSA) is 54.6 Å². The molecule has 0 unspecified atom stereocenters. The van der Waals surface area contributed by atoms with Gasteiger partial charge in [-0.05, 0) is 37.5 Å². The molecule has 0 saturated carbocycles. The van der Waals surface area contributed by atoms with Crippen molar-refractivity contribution in [3.8, 4) is 11.3 Å². The Morgan fingerprint density at radius 2 is 2.05 bits per heavy atom. The van der Waals surface area contributed by atoms with Crippen molar-refractivity contribution >= 4 is 0 Å². The summed E-state index contributed by atoms with van der Waals surface area (Å²) in [5.41, 5.74) is 1.93. The van der Waals surface area contributed by atoms with Crippen LogP contribution < -0.4 is 5.32 Å². The fourth-order valence-electron chi connectivity index (χ4n) is 2.72. The zero-order chi connectivity index (χ0) is 15.4. The lowest BCUT2D eigenvalue weighted by molar-refractivity contribution is 0.109. The van der Waals surface area contributed by atoms with Crippen LogP contribution in [0.2, 0.25) is 0 Å². The highest BCUT2D eigenvalue weighted by molar-refractivity contribution is 5.58. The number of hydrogen-bond acceptors (Lipinski definition) is 4. The molecule has 3 rings (SSSR count). The summed E-state index contributed by atoms with van der Waals surface area (Å²) in [4.78, 5) is 0. The predicted octanol–water partition coefficient (Wildman–Crippen LogP) is 3.27. The smallest absolute Gasteiger partial charge is 0.134 e. The van der Waals surface area contributed by atoms with Crippen molar-refractivity contribution in [2.24, 2.45) is 0 Å². The van der Waals surface area contributed by atoms with Gasteiger partial charge in [0.1, 0.15) is 11.5 Å². The fraction of sp³-hybridized carbons (Fsp3) is 0.444. The largest absolute Gasteiger partial charge is 0.460 e. The van der Waals surface area contributed by atoms with Gasteiger partial charge in [-0.3, -0.25) is 0 Å². The van der Waals surface area contributed by atoms with E-state index >= 15 is 0 Å². The molecular weight excluding hydrogens is 278 g/mol. The molecule has 2 N–H and O–H groups in total. The van der Waals surface area contributed by atoms with E-state index in [4.69, 9.17) is 9.15 Å². The standard InChI is InChI=1S/C18H23NO3/c1-13(20)14-4-6-15(7-5-14)18-9-8-17(22-18)12-19-11-16-3-2-10-21-16/h4-9,13,16,19-20H,2-3,10-12H2,1H3/t13-,16+/m1/s1. The highest BCUT2D eigenvalue weighted by Crippen LogP contribution is 2.24. The van der Waals surface area contributed by atoms with Crippen molar-refractivity contribution in [3.63, 3.8) is 0 Å². The van der Waals surface area contributed by atoms with Crippen molar-refractivity contribution in [2.45, 2.75) is 38.5 Å². The molecule has 1 aromatic carbocycles. The predicted molar refractivity (Wildman–Crippen MR) is 85.5 cm³/mol. The van der Waals surface area contributed by atoms with E-state index in [1.165, 1.54) is 6.42 Å². The van der Waals surface area contributed by atoms with E-state index in [1.54, 1.807) is 6.92 Å². The molecule has 0 spiro atoms. The molecule has 118 valence electrons. The zero-order valence-corrected chi connectivity index (χ0v) is 12.9. The Hall–Kier alpha value is -1.62. The van der Waals surface area contributed by atoms with E-state index in [1.807, 2.05) is 36.4 Å². The van der Waals surface area contributed by atoms with Gasteiger partial charge in [0.15, 0.2) is 0 Å². The van der Waals surface area contributed by atoms with Crippen molar-refractivity contribution in [1.29, 1.82) is 0 Å². The molecule has 0 amide bonds. The first-order chi connectivity index (χ1) is 10.7. The maximum absolute atomic E-state index is 9.53. The Kier molecular flexibility index (Phi) is 4.93. The third-order valence-corrected chi connectivity index (χ3v) is 4.03. The molecule has 4 nitrogen and oxygen atoms in total. The van der Waals surface area contributed by atoms with Crippen LogP contribution in [0.5, 0.6) is 0 Å². The molecule has 2 aromatic rings. The molecule has 0 radical (unpaired) electrons. The fourth-order valence-corrected chi connectivity index (χ4v) is 2.72. The first-order valence-electron chi connectivity index (χ1n) is 7.92. The molecule has 0 bridgehead atoms. The molecule has 2 atom stereocenters. The highest BCUT2D eigenvalue weighted by Gasteiger charge is 2.14. The SMILES string of the molecule is C[C@@H](O)c1ccc(-c2ccc(CNC[C@@H]3CCCO3)o2)cc1. The molecule has 4 heteroatoms. The van der Waals surface area contributed by atoms with Crippen LogP contribution in [0.3, 0.4) is 0 Å². The van der Waals surface area contributed by atoms with Crippen LogP contribution in [0.15, 0.2) is 40.8 Å². The Morgan fingerprint density at radius 1 is 1.23 bits per heavy atom. The number of hydrogen-bond donors (Lipinski definition) is 2. The molecule has 1 saturated heterocycles. The van der Waals surface area contributed by atoms with E-state index in [0.29, 0.717) is 12.6 Å². The van der Waals surface area contributed by atoms with Crippen LogP contribution in [0.4, 0.5) is 0 Å². The van der Waals surface area contributed by atoms with Gasteiger partial charge in [-0.15, -0.1) is 0 Å². The van der Waals surface area contributed by atoms with E-state index in [9.17, 15) is 5.11 Å². The summed E-state index contributed by atoms with van der Waals surface area (Å²) in [5, 5.41) is 12.9. The molecule has 1 aliphatic rings. The van der Waals surface area contributed by atoms with Crippen LogP contribution >= 0.6 is 0 Å². The lowest BCUT2D eigenvalue weighted by Crippen LogP contribution is -2.25. The minimum absolute atomic E-state index is 0.349. The number of aliphatic hydroxyl groups is 1. The lowest BCUT2D eigenvalue weighted by atomic mass is 10.1. The van der Waals surface area contributed by atoms with Crippen LogP contribution in [0.25, 0.3) is 11.3 Å². The van der Waals surface area contributed by atoms with Gasteiger partial charge in [0.2, 0.25) is 0 Å². The summed E-state index contributed by atoms with van der Waals surface area (Å²) in [6.45, 7) is 4.24. The van der Waals surface area contributed by atoms with E-state index < -0.39 is 6.10 Å². The summed E-state index contributed by atoms with van der Waals surface area (Å²) in [6, 6.07) is 11.8. The first kappa shape index (κ1) is 15.3. The van der Waals surface area contributed by atoms with E-state index in [0.717, 1.165) is 42.2 Å². The van der Waals surface area contributed by atoms with E-state index in [-0.39, 0.29) is 0 Å². The van der Waals surface area contributed by atoms with Crippen molar-refractivity contribution < 1.29 is 14.3 Å². The maximum Gasteiger partial charge on any atom is 0.134 e. The number of benzene rings is 1. The zero-order valence-electron chi connectivity index (χ0n) is 12.9. The molecule has 1 aromatic heterocycles. The van der Waals surface area contributed by atoms with Crippen LogP contribution in [0, 0.1) is 0 Å². The average Bonchev–Trinajstić information content (AvgIpc) is 3.19. The van der Waals surface area contributed by atoms with E-state index in [2.05, 4.69) is 5.32 Å². The normalized spacial score (nSPS) is 19.5. The highest BCUT2D eigenvalue weighted by atomic mass is 16.5. The van der Waals surface area contributed by atoms with Gasteiger partial charge >= 0.3 is 0 Å². The van der Waals surface area contributed by atoms with Gasteiger partial charge in [0.05, 0.1) is 18.8 Å². The Balaban J connectivity index is 1.55. The lowest BCUT2D eigenvalue weighted by Gasteiger charge is -2.09. The second-order valence-corrected chi connectivity index (χ2v) is 5.83. The summed E-state index contributed by atoms with van der Waals surface area (Å²) in [5.74, 6) is 1.78. The number of furan rings is 1. The number of nitrogens with one attached hydrogen (secondary N) is 1. The van der Waals surface area contributed by atoms with Gasteiger partial charge in [0.25, 0.3) is 0 Å². The summed E-state index contributed by atoms with van der Waals surface area (Å²) in [7, 11) is 0. The second-order valence-electron chi connectivity index (χ2n) is 5.83. The quantitative estimate of drug-likeness (QED) is 0.860. The maximum atomic E-state index is 9.53. The summed E-state index contributed by atoms with van der Waals surface area (Å²) in [6.07, 6.45) is 2.22. The second kappa shape index (κ2) is 7.09. The van der Waals surface area contributed by atoms with Gasteiger partial charge < -0.3 is 19.6 Å². The molecular formula is C18H23NO3. The molecule has 0 aliphatic carbocycles. The first-order valence-corrected chi connectivity index (χ1v) is 7.92. The van der Waals surface area contributed by atoms with Crippen molar-refractivity contribution in [2.75, 3.05) is 13.2 Å². The van der Waals surface area contributed by atoms with Crippen molar-refractivity contribution in [3.05, 3.63) is 47.7 Å². The number of aliphatic hydroxyl groups excluding tert-OH is 1. The van der Waals surface area contributed by atoms with Crippen molar-refractivity contribution in [1.82, 2.24) is 5.32 Å². The molecule has 1 fully saturated rings. The van der Waals surface area contributed by atoms with Crippen LogP contribution in [-0.4, -0.2) is 24.4 Å². The Bertz CT molecular complexity index is 583. The van der Waals surface area contributed by atoms with Gasteiger partial charge in [-0.1, -0.05) is 24.3 Å². The molecule has 22 heavy (non-hydrogen) atoms. The number of ether oxygens (including phenoxy) is 1. The minimum atomic E-state index is -0.441. The van der Waals surface area contributed by atoms with Crippen LogP contribution in [-0.2, 0) is 11.3 Å². The Labute approximate surface area is 131 Å². The van der Waals surface area contributed by atoms with Gasteiger partial charge in [0, 0.05) is 18.7 Å². The molecule has 2 heterocycles. The third kappa shape index (κ3) is 3.77. The number of rotatable bonds is 6. The van der Waals surface area contributed by atoms with Gasteiger partial charge in [-0.25, -0.2) is 0 Å². The summed E-state index contributed by atoms with van der Waals surface area (Å²) < 4.78 is 11.5. The third-order valence-electron chi connectivity index (χ3n) is 4.03. The summed E-state index contributed by atoms with van der Waals surface area (Å²) >= 11 is 0. The monoisotopic (exact) mass is 301 g/mol. The van der Waals surface area contributed by atoms with Gasteiger partial charge in [-0.2, -0.15) is 0 Å². The Morgan fingerprint density at radius 3 is 2.73 bits per heavy atom. The van der Waals surface area contributed by atoms with Crippen LogP contribution in [0.1, 0.15) is 37.2 Å². The molecule has 1 aliphatic heterocycles.